The van der Waals surface area contributed by atoms with Crippen molar-refractivity contribution in [3.8, 4) is 0 Å². The van der Waals surface area contributed by atoms with Crippen molar-refractivity contribution >= 4 is 0 Å². The zero-order valence-electron chi connectivity index (χ0n) is 5.15. The van der Waals surface area contributed by atoms with Crippen LogP contribution in [0, 0.1) is 5.92 Å². The highest BCUT2D eigenvalue weighted by atomic mass is 15.1. The van der Waals surface area contributed by atoms with E-state index in [0.717, 1.165) is 5.92 Å². The second kappa shape index (κ2) is 1.83. The number of nitrogens with zero attached hydrogens (tertiary/aromatic N) is 1. The Morgan fingerprint density at radius 2 is 2.00 bits per heavy atom. The molecule has 1 aliphatic carbocycles. The predicted octanol–water partition coefficient (Wildman–Crippen LogP) is 0.958. The van der Waals surface area contributed by atoms with E-state index < -0.39 is 0 Å². The molecule has 0 aliphatic heterocycles. The molecule has 0 spiro atoms. The van der Waals surface area contributed by atoms with Gasteiger partial charge in [0.2, 0.25) is 0 Å². The Labute approximate surface area is 45.3 Å². The molecule has 0 N–H and O–H groups in total. The highest BCUT2D eigenvalue weighted by Gasteiger charge is 2.20. The Kier molecular flexibility index (Phi) is 1.33. The maximum atomic E-state index is 2.26. The average Bonchev–Trinajstić information content (AvgIpc) is 2.17. The van der Waals surface area contributed by atoms with Crippen LogP contribution in [0.4, 0.5) is 0 Å². The van der Waals surface area contributed by atoms with E-state index in [2.05, 4.69) is 19.0 Å². The monoisotopic (exact) mass is 99.1 g/mol. The van der Waals surface area contributed by atoms with E-state index >= 15 is 0 Å². The Bertz CT molecular complexity index is 55.2. The van der Waals surface area contributed by atoms with Crippen LogP contribution in [0.2, 0.25) is 0 Å². The summed E-state index contributed by atoms with van der Waals surface area (Å²) in [6.45, 7) is 1.31. The third-order valence-corrected chi connectivity index (χ3v) is 1.32. The van der Waals surface area contributed by atoms with Gasteiger partial charge in [0.25, 0.3) is 0 Å². The molecule has 1 fully saturated rings. The first-order chi connectivity index (χ1) is 3.29. The van der Waals surface area contributed by atoms with Crippen LogP contribution in [0.15, 0.2) is 0 Å². The lowest BCUT2D eigenvalue weighted by atomic mass is 10.4. The molecular weight excluding hydrogens is 86.1 g/mol. The first-order valence-electron chi connectivity index (χ1n) is 2.94. The van der Waals surface area contributed by atoms with Gasteiger partial charge in [-0.15, -0.1) is 0 Å². The van der Waals surface area contributed by atoms with E-state index in [1.54, 1.807) is 0 Å². The van der Waals surface area contributed by atoms with Gasteiger partial charge in [-0.2, -0.15) is 0 Å². The van der Waals surface area contributed by atoms with Crippen molar-refractivity contribution in [2.45, 2.75) is 12.8 Å². The molecule has 0 saturated heterocycles. The molecule has 1 nitrogen and oxygen atoms in total. The van der Waals surface area contributed by atoms with Crippen LogP contribution >= 0.6 is 0 Å². The van der Waals surface area contributed by atoms with E-state index in [-0.39, 0.29) is 0 Å². The van der Waals surface area contributed by atoms with E-state index in [1.165, 1.54) is 19.4 Å². The van der Waals surface area contributed by atoms with Gasteiger partial charge in [-0.1, -0.05) is 0 Å². The van der Waals surface area contributed by atoms with Crippen molar-refractivity contribution in [1.29, 1.82) is 0 Å². The Hall–Kier alpha value is -0.0400. The largest absolute Gasteiger partial charge is 0.309 e. The third kappa shape index (κ3) is 1.93. The van der Waals surface area contributed by atoms with Gasteiger partial charge in [0.15, 0.2) is 0 Å². The molecule has 0 radical (unpaired) electrons. The Morgan fingerprint density at radius 3 is 2.14 bits per heavy atom. The van der Waals surface area contributed by atoms with Gasteiger partial charge in [0, 0.05) is 6.54 Å². The van der Waals surface area contributed by atoms with Crippen LogP contribution in [0.25, 0.3) is 0 Å². The van der Waals surface area contributed by atoms with Crippen LogP contribution in [-0.2, 0) is 0 Å². The fraction of sp³-hybridized carbons (Fsp3) is 1.00. The zero-order valence-corrected chi connectivity index (χ0v) is 5.15. The fourth-order valence-electron chi connectivity index (χ4n) is 0.817. The van der Waals surface area contributed by atoms with Crippen molar-refractivity contribution in [3.63, 3.8) is 0 Å². The summed E-state index contributed by atoms with van der Waals surface area (Å²) in [4.78, 5) is 2.26. The van der Waals surface area contributed by atoms with Gasteiger partial charge in [-0.3, -0.25) is 0 Å². The van der Waals surface area contributed by atoms with Gasteiger partial charge >= 0.3 is 0 Å². The summed E-state index contributed by atoms with van der Waals surface area (Å²) in [6, 6.07) is 0. The summed E-state index contributed by atoms with van der Waals surface area (Å²) in [7, 11) is 4.27. The molecule has 7 heavy (non-hydrogen) atoms. The summed E-state index contributed by atoms with van der Waals surface area (Å²) >= 11 is 0. The van der Waals surface area contributed by atoms with Crippen molar-refractivity contribution in [2.24, 2.45) is 5.92 Å². The van der Waals surface area contributed by atoms with Gasteiger partial charge < -0.3 is 4.90 Å². The minimum atomic E-state index is 1.05. The second-order valence-corrected chi connectivity index (χ2v) is 2.71. The summed E-state index contributed by atoms with van der Waals surface area (Å²) < 4.78 is 0. The third-order valence-electron chi connectivity index (χ3n) is 1.32. The van der Waals surface area contributed by atoms with Crippen molar-refractivity contribution in [1.82, 2.24) is 4.90 Å². The number of hydrogen-bond donors (Lipinski definition) is 0. The second-order valence-electron chi connectivity index (χ2n) is 2.71. The average molecular weight is 99.2 g/mol. The van der Waals surface area contributed by atoms with Crippen molar-refractivity contribution in [2.75, 3.05) is 20.6 Å². The van der Waals surface area contributed by atoms with E-state index in [1.807, 2.05) is 0 Å². The van der Waals surface area contributed by atoms with Crippen LogP contribution in [0.1, 0.15) is 12.8 Å². The van der Waals surface area contributed by atoms with Gasteiger partial charge in [0.1, 0.15) is 0 Å². The molecule has 0 aromatic heterocycles. The molecule has 1 saturated carbocycles. The lowest BCUT2D eigenvalue weighted by Gasteiger charge is -2.05. The SMILES string of the molecule is CN(C)CC1CC1. The fourth-order valence-corrected chi connectivity index (χ4v) is 0.817. The van der Waals surface area contributed by atoms with Crippen molar-refractivity contribution in [3.05, 3.63) is 0 Å². The van der Waals surface area contributed by atoms with Gasteiger partial charge in [-0.05, 0) is 32.9 Å². The minimum Gasteiger partial charge on any atom is -0.309 e. The molecule has 1 heteroatoms. The molecule has 0 heterocycles. The molecule has 1 rings (SSSR count). The van der Waals surface area contributed by atoms with E-state index in [9.17, 15) is 0 Å². The molecule has 0 unspecified atom stereocenters. The first-order valence-corrected chi connectivity index (χ1v) is 2.94. The summed E-state index contributed by atoms with van der Waals surface area (Å²) in [5.41, 5.74) is 0. The molecule has 0 aromatic rings. The molecule has 1 aliphatic rings. The van der Waals surface area contributed by atoms with Gasteiger partial charge in [0.05, 0.1) is 0 Å². The first kappa shape index (κ1) is 5.10. The quantitative estimate of drug-likeness (QED) is 0.498. The Balaban J connectivity index is 1.97. The number of hydrogen-bond acceptors (Lipinski definition) is 1. The summed E-state index contributed by atoms with van der Waals surface area (Å²) in [5.74, 6) is 1.05. The summed E-state index contributed by atoms with van der Waals surface area (Å²) in [6.07, 6.45) is 2.94. The topological polar surface area (TPSA) is 3.24 Å². The lowest BCUT2D eigenvalue weighted by molar-refractivity contribution is 0.389. The lowest BCUT2D eigenvalue weighted by Crippen LogP contribution is -2.14. The molecule has 0 amide bonds. The van der Waals surface area contributed by atoms with E-state index in [0.29, 0.717) is 0 Å². The minimum absolute atomic E-state index is 1.05. The molecule has 42 valence electrons. The highest BCUT2D eigenvalue weighted by molar-refractivity contribution is 4.74. The molecule has 0 aromatic carbocycles. The Morgan fingerprint density at radius 1 is 1.43 bits per heavy atom. The van der Waals surface area contributed by atoms with Crippen LogP contribution < -0.4 is 0 Å². The smallest absolute Gasteiger partial charge is 0.000356 e. The predicted molar refractivity (Wildman–Crippen MR) is 31.3 cm³/mol. The highest BCUT2D eigenvalue weighted by Crippen LogP contribution is 2.28. The standard InChI is InChI=1S/C6H13N/c1-7(2)5-6-3-4-6/h6H,3-5H2,1-2H3. The normalized spacial score (nSPS) is 21.0. The van der Waals surface area contributed by atoms with Gasteiger partial charge in [-0.25, -0.2) is 0 Å². The maximum Gasteiger partial charge on any atom is 0.000356 e. The molecular formula is C6H13N. The van der Waals surface area contributed by atoms with Crippen LogP contribution in [0.3, 0.4) is 0 Å². The van der Waals surface area contributed by atoms with Crippen molar-refractivity contribution < 1.29 is 0 Å². The van der Waals surface area contributed by atoms with E-state index in [4.69, 9.17) is 0 Å². The van der Waals surface area contributed by atoms with Crippen LogP contribution in [-0.4, -0.2) is 25.5 Å². The van der Waals surface area contributed by atoms with Crippen LogP contribution in [0.5, 0.6) is 0 Å². The summed E-state index contributed by atoms with van der Waals surface area (Å²) in [5, 5.41) is 0. The maximum absolute atomic E-state index is 2.26. The molecule has 0 bridgehead atoms. The number of rotatable bonds is 2. The molecule has 0 atom stereocenters. The zero-order chi connectivity index (χ0) is 5.28.